The number of alkyl halides is 1. The number of carbonyl (C=O) groups excluding carboxylic acids is 3. The van der Waals surface area contributed by atoms with E-state index < -0.39 is 35.6 Å². The Kier molecular flexibility index (Phi) is 9.58. The van der Waals surface area contributed by atoms with E-state index in [-0.39, 0.29) is 35.2 Å². The molecule has 3 aliphatic rings. The molecule has 3 unspecified atom stereocenters. The van der Waals surface area contributed by atoms with Crippen molar-refractivity contribution in [2.24, 2.45) is 11.8 Å². The van der Waals surface area contributed by atoms with Crippen LogP contribution >= 0.6 is 15.9 Å². The van der Waals surface area contributed by atoms with Gasteiger partial charge in [-0.3, -0.25) is 14.4 Å². The Morgan fingerprint density at radius 2 is 1.88 bits per heavy atom. The first-order valence-electron chi connectivity index (χ1n) is 14.3. The minimum Gasteiger partial charge on any atom is -0.394 e. The highest BCUT2D eigenvalue weighted by atomic mass is 79.9. The molecular weight excluding hydrogens is 574 g/mol. The zero-order chi connectivity index (χ0) is 29.2. The van der Waals surface area contributed by atoms with E-state index in [0.29, 0.717) is 32.5 Å². The lowest BCUT2D eigenvalue weighted by molar-refractivity contribution is -0.152. The summed E-state index contributed by atoms with van der Waals surface area (Å²) in [4.78, 5) is 47.8. The molecule has 218 valence electrons. The fraction of sp³-hybridized carbons (Fsp3) is 0.581. The van der Waals surface area contributed by atoms with Crippen molar-refractivity contribution in [3.8, 4) is 0 Å². The van der Waals surface area contributed by atoms with E-state index in [1.165, 1.54) is 0 Å². The SMILES string of the molecule is C=CCN(CCC)C(=O)[C@H]1[C@H]2C(=O)N([C@@H](CO)Cc3ccccc3)C(C(=O)N(CC=C)C(C)C)C23CC(Br)[C@@H]1O3. The van der Waals surface area contributed by atoms with Crippen LogP contribution in [0.25, 0.3) is 0 Å². The third-order valence-corrected chi connectivity index (χ3v) is 9.40. The smallest absolute Gasteiger partial charge is 0.248 e. The molecule has 3 heterocycles. The number of benzene rings is 1. The van der Waals surface area contributed by atoms with Crippen molar-refractivity contribution in [1.29, 1.82) is 0 Å². The summed E-state index contributed by atoms with van der Waals surface area (Å²) in [6.45, 7) is 14.4. The average molecular weight is 617 g/mol. The number of hydrogen-bond acceptors (Lipinski definition) is 5. The largest absolute Gasteiger partial charge is 0.394 e. The predicted octanol–water partition coefficient (Wildman–Crippen LogP) is 3.19. The third kappa shape index (κ3) is 5.16. The molecule has 0 saturated carbocycles. The highest BCUT2D eigenvalue weighted by molar-refractivity contribution is 9.09. The Morgan fingerprint density at radius 3 is 2.45 bits per heavy atom. The summed E-state index contributed by atoms with van der Waals surface area (Å²) in [6, 6.07) is 7.83. The van der Waals surface area contributed by atoms with Crippen LogP contribution in [0.2, 0.25) is 0 Å². The van der Waals surface area contributed by atoms with Gasteiger partial charge in [0.15, 0.2) is 0 Å². The lowest BCUT2D eigenvalue weighted by Gasteiger charge is -2.40. The van der Waals surface area contributed by atoms with Gasteiger partial charge in [-0.25, -0.2) is 0 Å². The summed E-state index contributed by atoms with van der Waals surface area (Å²) in [6.07, 6.45) is 4.39. The van der Waals surface area contributed by atoms with E-state index in [1.54, 1.807) is 26.9 Å². The van der Waals surface area contributed by atoms with Gasteiger partial charge in [0, 0.05) is 30.5 Å². The summed E-state index contributed by atoms with van der Waals surface area (Å²) in [5, 5.41) is 10.6. The van der Waals surface area contributed by atoms with Crippen LogP contribution in [-0.4, -0.2) is 98.4 Å². The first kappa shape index (κ1) is 30.5. The van der Waals surface area contributed by atoms with E-state index in [0.717, 1.165) is 12.0 Å². The molecular formula is C31H42BrN3O5. The van der Waals surface area contributed by atoms with Crippen LogP contribution in [0.1, 0.15) is 39.2 Å². The van der Waals surface area contributed by atoms with E-state index >= 15 is 0 Å². The predicted molar refractivity (Wildman–Crippen MR) is 158 cm³/mol. The second-order valence-electron chi connectivity index (χ2n) is 11.4. The monoisotopic (exact) mass is 615 g/mol. The number of fused-ring (bicyclic) bond motifs is 1. The number of amides is 3. The highest BCUT2D eigenvalue weighted by Gasteiger charge is 2.77. The number of nitrogens with zero attached hydrogens (tertiary/aromatic N) is 3. The minimum atomic E-state index is -1.18. The lowest BCUT2D eigenvalue weighted by atomic mass is 9.70. The maximum Gasteiger partial charge on any atom is 0.248 e. The first-order valence-corrected chi connectivity index (χ1v) is 15.2. The zero-order valence-electron chi connectivity index (χ0n) is 23.7. The van der Waals surface area contributed by atoms with Crippen LogP contribution in [-0.2, 0) is 25.5 Å². The van der Waals surface area contributed by atoms with Gasteiger partial charge in [-0.2, -0.15) is 0 Å². The van der Waals surface area contributed by atoms with Crippen LogP contribution in [0, 0.1) is 11.8 Å². The minimum absolute atomic E-state index is 0.150. The molecule has 40 heavy (non-hydrogen) atoms. The summed E-state index contributed by atoms with van der Waals surface area (Å²) < 4.78 is 6.69. The molecule has 1 aromatic rings. The normalized spacial score (nSPS) is 29.4. The molecule has 3 fully saturated rings. The molecule has 3 amide bonds. The molecule has 7 atom stereocenters. The molecule has 2 bridgehead atoms. The highest BCUT2D eigenvalue weighted by Crippen LogP contribution is 2.61. The molecule has 1 N–H and O–H groups in total. The standard InChI is InChI=1S/C31H42BrN3O5/c1-6-14-33(15-7-2)28(37)24-25-29(38)35(22(19-36)17-21-12-10-9-11-13-21)27(30(39)34(16-8-3)20(4)5)31(25)18-23(32)26(24)40-31/h6,8-13,20,22-27,36H,1,3,7,14-19H2,2,4-5H3/t22-,23?,24+,25+,26+,27?,31?/m1/s1. The van der Waals surface area contributed by atoms with Crippen LogP contribution in [0.3, 0.4) is 0 Å². The van der Waals surface area contributed by atoms with E-state index in [1.807, 2.05) is 51.1 Å². The van der Waals surface area contributed by atoms with Gasteiger partial charge in [-0.05, 0) is 38.7 Å². The Bertz CT molecular complexity index is 1110. The van der Waals surface area contributed by atoms with E-state index in [2.05, 4.69) is 29.1 Å². The van der Waals surface area contributed by atoms with Gasteiger partial charge in [0.1, 0.15) is 11.6 Å². The van der Waals surface area contributed by atoms with Crippen molar-refractivity contribution in [3.05, 3.63) is 61.2 Å². The van der Waals surface area contributed by atoms with Crippen LogP contribution in [0.4, 0.5) is 0 Å². The molecule has 3 aliphatic heterocycles. The fourth-order valence-electron chi connectivity index (χ4n) is 6.94. The summed E-state index contributed by atoms with van der Waals surface area (Å²) in [7, 11) is 0. The van der Waals surface area contributed by atoms with Crippen molar-refractivity contribution in [2.45, 2.75) is 74.7 Å². The Hall–Kier alpha value is -2.49. The molecule has 8 nitrogen and oxygen atoms in total. The molecule has 0 radical (unpaired) electrons. The van der Waals surface area contributed by atoms with Crippen molar-refractivity contribution < 1.29 is 24.2 Å². The molecule has 1 spiro atoms. The van der Waals surface area contributed by atoms with Gasteiger partial charge in [-0.1, -0.05) is 65.3 Å². The van der Waals surface area contributed by atoms with Crippen LogP contribution in [0.5, 0.6) is 0 Å². The summed E-state index contributed by atoms with van der Waals surface area (Å²) in [5.74, 6) is -2.26. The second-order valence-corrected chi connectivity index (χ2v) is 12.6. The molecule has 0 aliphatic carbocycles. The third-order valence-electron chi connectivity index (χ3n) is 8.55. The van der Waals surface area contributed by atoms with Crippen molar-refractivity contribution in [2.75, 3.05) is 26.2 Å². The number of carbonyl (C=O) groups is 3. The number of ether oxygens (including phenoxy) is 1. The van der Waals surface area contributed by atoms with Crippen LogP contribution in [0.15, 0.2) is 55.6 Å². The first-order chi connectivity index (χ1) is 19.2. The Balaban J connectivity index is 1.82. The summed E-state index contributed by atoms with van der Waals surface area (Å²) >= 11 is 3.75. The average Bonchev–Trinajstić information content (AvgIpc) is 3.53. The zero-order valence-corrected chi connectivity index (χ0v) is 25.3. The molecule has 3 saturated heterocycles. The number of rotatable bonds is 13. The lowest BCUT2D eigenvalue weighted by Crippen LogP contribution is -2.60. The second kappa shape index (κ2) is 12.6. The Morgan fingerprint density at radius 1 is 1.20 bits per heavy atom. The van der Waals surface area contributed by atoms with Crippen molar-refractivity contribution >= 4 is 33.7 Å². The quantitative estimate of drug-likeness (QED) is 0.272. The van der Waals surface area contributed by atoms with E-state index in [9.17, 15) is 19.5 Å². The maximum absolute atomic E-state index is 14.5. The number of halogens is 1. The molecule has 4 rings (SSSR count). The maximum atomic E-state index is 14.5. The van der Waals surface area contributed by atoms with Gasteiger partial charge in [-0.15, -0.1) is 13.2 Å². The fourth-order valence-corrected chi connectivity index (χ4v) is 7.88. The van der Waals surface area contributed by atoms with Crippen molar-refractivity contribution in [1.82, 2.24) is 14.7 Å². The number of aliphatic hydroxyl groups excluding tert-OH is 1. The number of hydrogen-bond donors (Lipinski definition) is 1. The van der Waals surface area contributed by atoms with Gasteiger partial charge in [0.2, 0.25) is 17.7 Å². The van der Waals surface area contributed by atoms with Gasteiger partial charge < -0.3 is 24.5 Å². The Labute approximate surface area is 246 Å². The van der Waals surface area contributed by atoms with Gasteiger partial charge >= 0.3 is 0 Å². The topological polar surface area (TPSA) is 90.4 Å². The van der Waals surface area contributed by atoms with Gasteiger partial charge in [0.05, 0.1) is 30.6 Å². The number of aliphatic hydroxyl groups is 1. The molecule has 0 aromatic heterocycles. The van der Waals surface area contributed by atoms with Crippen molar-refractivity contribution in [3.63, 3.8) is 0 Å². The number of likely N-dealkylation sites (tertiary alicyclic amines) is 1. The van der Waals surface area contributed by atoms with Crippen LogP contribution < -0.4 is 0 Å². The van der Waals surface area contributed by atoms with Gasteiger partial charge in [0.25, 0.3) is 0 Å². The molecule has 1 aromatic carbocycles. The summed E-state index contributed by atoms with van der Waals surface area (Å²) in [5.41, 5.74) is -0.240. The van der Waals surface area contributed by atoms with E-state index in [4.69, 9.17) is 4.74 Å². The molecule has 9 heteroatoms.